The normalized spacial score (nSPS) is 17.9. The molecular formula is C25H28N8O3. The van der Waals surface area contributed by atoms with Crippen LogP contribution in [0.1, 0.15) is 44.5 Å². The topological polar surface area (TPSA) is 137 Å². The van der Waals surface area contributed by atoms with Gasteiger partial charge in [0.2, 0.25) is 0 Å². The van der Waals surface area contributed by atoms with Crippen LogP contribution in [0.2, 0.25) is 0 Å². The van der Waals surface area contributed by atoms with Crippen molar-refractivity contribution in [2.75, 3.05) is 26.0 Å². The number of likely N-dealkylation sites (tertiary alicyclic amines) is 1. The summed E-state index contributed by atoms with van der Waals surface area (Å²) in [5.74, 6) is 6.60. The van der Waals surface area contributed by atoms with Crippen molar-refractivity contribution in [3.8, 4) is 11.8 Å². The van der Waals surface area contributed by atoms with Gasteiger partial charge >= 0.3 is 6.09 Å². The maximum Gasteiger partial charge on any atom is 0.410 e. The predicted octanol–water partition coefficient (Wildman–Crippen LogP) is 2.88. The van der Waals surface area contributed by atoms with Gasteiger partial charge in [-0.25, -0.2) is 19.4 Å². The average molecular weight is 489 g/mol. The number of nitrogens with two attached hydrogens (primary N) is 1. The first-order chi connectivity index (χ1) is 17.2. The van der Waals surface area contributed by atoms with E-state index in [1.807, 2.05) is 39.0 Å². The molecule has 3 aromatic heterocycles. The molecule has 1 fully saturated rings. The van der Waals surface area contributed by atoms with Crippen molar-refractivity contribution in [3.63, 3.8) is 0 Å². The number of nitrogen functional groups attached to an aromatic ring is 1. The zero-order chi connectivity index (χ0) is 25.4. The molecule has 11 heteroatoms. The van der Waals surface area contributed by atoms with Gasteiger partial charge in [-0.2, -0.15) is 10.2 Å². The molecule has 3 N–H and O–H groups in total. The lowest BCUT2D eigenvalue weighted by atomic mass is 10.1. The molecular weight excluding hydrogens is 460 g/mol. The molecule has 0 radical (unpaired) electrons. The van der Waals surface area contributed by atoms with Crippen LogP contribution in [0.4, 0.5) is 10.6 Å². The fraction of sp³-hybridized carbons (Fsp3) is 0.400. The summed E-state index contributed by atoms with van der Waals surface area (Å²) in [7, 11) is 1.62. The Morgan fingerprint density at radius 3 is 2.89 bits per heavy atom. The maximum absolute atomic E-state index is 12.9. The van der Waals surface area contributed by atoms with E-state index in [-0.39, 0.29) is 18.2 Å². The summed E-state index contributed by atoms with van der Waals surface area (Å²) in [6.07, 6.45) is 3.41. The highest BCUT2D eigenvalue weighted by atomic mass is 16.6. The molecule has 11 nitrogen and oxygen atoms in total. The summed E-state index contributed by atoms with van der Waals surface area (Å²) in [5, 5.41) is 13.4. The zero-order valence-corrected chi connectivity index (χ0v) is 20.6. The number of hydrogen-bond donors (Lipinski definition) is 2. The van der Waals surface area contributed by atoms with Crippen molar-refractivity contribution in [3.05, 3.63) is 42.0 Å². The second kappa shape index (κ2) is 9.13. The zero-order valence-electron chi connectivity index (χ0n) is 20.6. The highest BCUT2D eigenvalue weighted by Gasteiger charge is 2.39. The summed E-state index contributed by atoms with van der Waals surface area (Å²) >= 11 is 0. The summed E-state index contributed by atoms with van der Waals surface area (Å²) in [6.45, 7) is 6.32. The average Bonchev–Trinajstić information content (AvgIpc) is 3.53. The van der Waals surface area contributed by atoms with Gasteiger partial charge in [-0.15, -0.1) is 0 Å². The minimum absolute atomic E-state index is 0.161. The van der Waals surface area contributed by atoms with Crippen LogP contribution < -0.4 is 5.73 Å². The van der Waals surface area contributed by atoms with E-state index in [1.54, 1.807) is 22.9 Å². The van der Waals surface area contributed by atoms with Gasteiger partial charge in [-0.1, -0.05) is 5.92 Å². The first kappa shape index (κ1) is 23.6. The van der Waals surface area contributed by atoms with Gasteiger partial charge in [0.1, 0.15) is 23.4 Å². The third-order valence-electron chi connectivity index (χ3n) is 6.01. The Balaban J connectivity index is 1.50. The molecule has 1 unspecified atom stereocenters. The molecule has 36 heavy (non-hydrogen) atoms. The molecule has 186 valence electrons. The number of nitrogens with one attached hydrogen (secondary N) is 1. The van der Waals surface area contributed by atoms with E-state index in [1.165, 1.54) is 6.33 Å². The van der Waals surface area contributed by atoms with E-state index in [0.29, 0.717) is 42.1 Å². The molecule has 1 saturated heterocycles. The number of H-pyrrole nitrogens is 1. The number of aromatic amines is 1. The van der Waals surface area contributed by atoms with Crippen LogP contribution in [0.25, 0.3) is 21.9 Å². The van der Waals surface area contributed by atoms with Gasteiger partial charge in [0, 0.05) is 24.6 Å². The van der Waals surface area contributed by atoms with Crippen LogP contribution in [-0.4, -0.2) is 72.8 Å². The van der Waals surface area contributed by atoms with Gasteiger partial charge < -0.3 is 20.1 Å². The fourth-order valence-electron chi connectivity index (χ4n) is 4.45. The number of fused-ring (bicyclic) bond motifs is 2. The SMILES string of the molecule is COC[C@H]1CC(n2nc(C#Cc3ccc4cn[nH]c4c3)c3c(N)ncnc32)CN1C(=O)OC(C)(C)C. The Bertz CT molecular complexity index is 1490. The quantitative estimate of drug-likeness (QED) is 0.420. The van der Waals surface area contributed by atoms with Crippen LogP contribution >= 0.6 is 0 Å². The largest absolute Gasteiger partial charge is 0.444 e. The summed E-state index contributed by atoms with van der Waals surface area (Å²) in [6, 6.07) is 5.49. The van der Waals surface area contributed by atoms with Gasteiger partial charge in [-0.05, 0) is 51.3 Å². The number of amides is 1. The monoisotopic (exact) mass is 488 g/mol. The van der Waals surface area contributed by atoms with Crippen molar-refractivity contribution in [1.29, 1.82) is 0 Å². The third-order valence-corrected chi connectivity index (χ3v) is 6.01. The Morgan fingerprint density at radius 1 is 1.28 bits per heavy atom. The number of rotatable bonds is 3. The number of ether oxygens (including phenoxy) is 2. The fourth-order valence-corrected chi connectivity index (χ4v) is 4.45. The number of hydrogen-bond acceptors (Lipinski definition) is 8. The number of aromatic nitrogens is 6. The van der Waals surface area contributed by atoms with Crippen LogP contribution in [0.3, 0.4) is 0 Å². The second-order valence-electron chi connectivity index (χ2n) is 9.80. The number of benzene rings is 1. The van der Waals surface area contributed by atoms with Crippen LogP contribution in [0, 0.1) is 11.8 Å². The Labute approximate surface area is 208 Å². The van der Waals surface area contributed by atoms with Gasteiger partial charge in [0.25, 0.3) is 0 Å². The molecule has 4 aromatic rings. The molecule has 0 spiro atoms. The highest BCUT2D eigenvalue weighted by molar-refractivity contribution is 5.90. The third kappa shape index (κ3) is 4.55. The van der Waals surface area contributed by atoms with Crippen LogP contribution in [0.5, 0.6) is 0 Å². The second-order valence-corrected chi connectivity index (χ2v) is 9.80. The van der Waals surface area contributed by atoms with E-state index in [4.69, 9.17) is 20.3 Å². The molecule has 0 bridgehead atoms. The first-order valence-corrected chi connectivity index (χ1v) is 11.7. The summed E-state index contributed by atoms with van der Waals surface area (Å²) < 4.78 is 12.8. The number of anilines is 1. The van der Waals surface area contributed by atoms with E-state index in [0.717, 1.165) is 16.5 Å². The van der Waals surface area contributed by atoms with Gasteiger partial charge in [0.05, 0.1) is 35.8 Å². The predicted molar refractivity (Wildman–Crippen MR) is 134 cm³/mol. The minimum Gasteiger partial charge on any atom is -0.444 e. The molecule has 1 aromatic carbocycles. The van der Waals surface area contributed by atoms with E-state index >= 15 is 0 Å². The first-order valence-electron chi connectivity index (χ1n) is 11.7. The van der Waals surface area contributed by atoms with Crippen LogP contribution in [-0.2, 0) is 9.47 Å². The maximum atomic E-state index is 12.9. The van der Waals surface area contributed by atoms with Gasteiger partial charge in [-0.3, -0.25) is 5.10 Å². The lowest BCUT2D eigenvalue weighted by molar-refractivity contribution is 0.0145. The Kier molecular flexibility index (Phi) is 5.97. The summed E-state index contributed by atoms with van der Waals surface area (Å²) in [4.78, 5) is 23.2. The molecule has 1 aliphatic heterocycles. The summed E-state index contributed by atoms with van der Waals surface area (Å²) in [5.41, 5.74) is 8.38. The van der Waals surface area contributed by atoms with Gasteiger partial charge in [0.15, 0.2) is 5.65 Å². The lowest BCUT2D eigenvalue weighted by Crippen LogP contribution is -2.41. The Morgan fingerprint density at radius 2 is 2.11 bits per heavy atom. The van der Waals surface area contributed by atoms with Crippen molar-refractivity contribution < 1.29 is 14.3 Å². The molecule has 4 heterocycles. The standard InChI is InChI=1S/C25H28N8O3/c1-25(2,3)36-24(34)32-12-17(10-18(32)13-35-4)33-23-21(22(26)27-14-28-23)19(31-33)8-6-15-5-7-16-11-29-30-20(16)9-15/h5,7,9,11,14,17-18H,10,12-13H2,1-4H3,(H,29,30)(H2,26,27,28)/t17?,18-/m1/s1. The van der Waals surface area contributed by atoms with Crippen molar-refractivity contribution >= 4 is 33.8 Å². The smallest absolute Gasteiger partial charge is 0.410 e. The van der Waals surface area contributed by atoms with Crippen molar-refractivity contribution in [2.24, 2.45) is 0 Å². The number of carbonyl (C=O) groups excluding carboxylic acids is 1. The van der Waals surface area contributed by atoms with Crippen LogP contribution in [0.15, 0.2) is 30.7 Å². The molecule has 2 atom stereocenters. The van der Waals surface area contributed by atoms with E-state index < -0.39 is 5.60 Å². The Hall–Kier alpha value is -4.17. The van der Waals surface area contributed by atoms with Crippen molar-refractivity contribution in [2.45, 2.75) is 44.9 Å². The number of nitrogens with zero attached hydrogens (tertiary/aromatic N) is 6. The molecule has 1 amide bonds. The molecule has 0 aliphatic carbocycles. The molecule has 1 aliphatic rings. The van der Waals surface area contributed by atoms with E-state index in [2.05, 4.69) is 32.0 Å². The highest BCUT2D eigenvalue weighted by Crippen LogP contribution is 2.32. The number of carbonyl (C=O) groups is 1. The molecule has 5 rings (SSSR count). The lowest BCUT2D eigenvalue weighted by Gasteiger charge is -2.28. The molecule has 0 saturated carbocycles. The number of methoxy groups -OCH3 is 1. The van der Waals surface area contributed by atoms with Crippen molar-refractivity contribution in [1.82, 2.24) is 34.8 Å². The minimum atomic E-state index is -0.602. The van der Waals surface area contributed by atoms with E-state index in [9.17, 15) is 4.79 Å².